The van der Waals surface area contributed by atoms with E-state index in [0.29, 0.717) is 0 Å². The van der Waals surface area contributed by atoms with Crippen LogP contribution >= 0.6 is 0 Å². The van der Waals surface area contributed by atoms with E-state index in [0.717, 1.165) is 29.9 Å². The van der Waals surface area contributed by atoms with Crippen LogP contribution in [0.25, 0.3) is 0 Å². The molecule has 1 aromatic carbocycles. The van der Waals surface area contributed by atoms with Gasteiger partial charge < -0.3 is 16.0 Å². The van der Waals surface area contributed by atoms with E-state index in [1.807, 2.05) is 30.5 Å². The Morgan fingerprint density at radius 3 is 2.59 bits per heavy atom. The van der Waals surface area contributed by atoms with Crippen LogP contribution in [-0.4, -0.2) is 22.9 Å². The van der Waals surface area contributed by atoms with Gasteiger partial charge in [-0.05, 0) is 44.7 Å². The van der Waals surface area contributed by atoms with Gasteiger partial charge in [-0.15, -0.1) is 0 Å². The van der Waals surface area contributed by atoms with Gasteiger partial charge in [-0.25, -0.2) is 0 Å². The average molecular weight is 302 g/mol. The molecule has 1 amide bonds. The summed E-state index contributed by atoms with van der Waals surface area (Å²) < 4.78 is 0. The van der Waals surface area contributed by atoms with Crippen LogP contribution in [0.2, 0.25) is 0 Å². The van der Waals surface area contributed by atoms with E-state index in [1.54, 1.807) is 0 Å². The minimum Gasteiger partial charge on any atom is -0.372 e. The largest absolute Gasteiger partial charge is 0.372 e. The Kier molecular flexibility index (Phi) is 4.34. The van der Waals surface area contributed by atoms with E-state index in [9.17, 15) is 4.79 Å². The van der Waals surface area contributed by atoms with E-state index in [-0.39, 0.29) is 16.9 Å². The average Bonchev–Trinajstić information content (AvgIpc) is 2.36. The topological polar surface area (TPSA) is 60.0 Å². The number of carbonyl (C=O) groups excluding carboxylic acids is 1. The second kappa shape index (κ2) is 5.76. The third-order valence-electron chi connectivity index (χ3n) is 4.28. The Morgan fingerprint density at radius 1 is 1.32 bits per heavy atom. The maximum absolute atomic E-state index is 12.7. The first-order chi connectivity index (χ1) is 10.1. The number of quaternary nitrogens is 1. The van der Waals surface area contributed by atoms with Gasteiger partial charge in [0.05, 0.1) is 0 Å². The van der Waals surface area contributed by atoms with Gasteiger partial charge in [0, 0.05) is 35.6 Å². The minimum absolute atomic E-state index is 0.0231. The molecule has 0 radical (unpaired) electrons. The number of benzene rings is 1. The first kappa shape index (κ1) is 16.6. The lowest BCUT2D eigenvalue weighted by Gasteiger charge is -2.43. The molecule has 2 rings (SSSR count). The molecule has 1 heterocycles. The molecule has 4 nitrogen and oxygen atoms in total. The zero-order valence-corrected chi connectivity index (χ0v) is 14.4. The van der Waals surface area contributed by atoms with Crippen LogP contribution in [0.5, 0.6) is 0 Å². The standard InChI is InChI=1S/C18H27N3O/c1-17(2,3)21-10-9-18(4,5)15(12-21)16(22)20-14-8-6-7-13(19)11-14/h6-8,11-12H,9-10,19H2,1-5H3,(H,20,22)/p+1. The molecule has 0 atom stereocenters. The van der Waals surface area contributed by atoms with Crippen molar-refractivity contribution in [2.24, 2.45) is 5.41 Å². The summed E-state index contributed by atoms with van der Waals surface area (Å²) in [7, 11) is 0. The second-order valence-corrected chi connectivity index (χ2v) is 7.70. The zero-order valence-electron chi connectivity index (χ0n) is 14.4. The molecule has 0 bridgehead atoms. The molecule has 4 heteroatoms. The van der Waals surface area contributed by atoms with Gasteiger partial charge in [0.2, 0.25) is 0 Å². The lowest BCUT2D eigenvalue weighted by molar-refractivity contribution is -0.254. The maximum atomic E-state index is 12.7. The predicted molar refractivity (Wildman–Crippen MR) is 90.6 cm³/mol. The summed E-state index contributed by atoms with van der Waals surface area (Å²) in [5.74, 6) is -0.0236. The highest BCUT2D eigenvalue weighted by Gasteiger charge is 2.35. The van der Waals surface area contributed by atoms with Gasteiger partial charge in [-0.2, -0.15) is 0 Å². The predicted octanol–water partition coefficient (Wildman–Crippen LogP) is 2.91. The van der Waals surface area contributed by atoms with Crippen LogP contribution in [0, 0.1) is 5.41 Å². The van der Waals surface area contributed by atoms with Crippen molar-refractivity contribution in [1.29, 1.82) is 0 Å². The molecule has 4 N–H and O–H groups in total. The Labute approximate surface area is 133 Å². The van der Waals surface area contributed by atoms with Crippen molar-refractivity contribution in [3.63, 3.8) is 0 Å². The van der Waals surface area contributed by atoms with Crippen molar-refractivity contribution in [2.75, 3.05) is 11.9 Å². The Hall–Kier alpha value is -1.81. The molecule has 0 aliphatic carbocycles. The van der Waals surface area contributed by atoms with Crippen LogP contribution < -0.4 is 11.1 Å². The number of hydrogen-bond acceptors (Lipinski definition) is 2. The van der Waals surface area contributed by atoms with Crippen LogP contribution in [0.4, 0.5) is 11.4 Å². The number of rotatable bonds is 2. The van der Waals surface area contributed by atoms with Crippen LogP contribution in [-0.2, 0) is 4.79 Å². The van der Waals surface area contributed by atoms with Crippen LogP contribution in [0.3, 0.4) is 0 Å². The first-order valence-corrected chi connectivity index (χ1v) is 7.82. The maximum Gasteiger partial charge on any atom is 0.253 e. The fourth-order valence-electron chi connectivity index (χ4n) is 2.67. The molecule has 0 aromatic heterocycles. The zero-order chi connectivity index (χ0) is 16.5. The number of nitrogens with zero attached hydrogens (tertiary/aromatic N) is 1. The number of carbonyl (C=O) groups is 1. The number of nitrogens with one attached hydrogen (secondary N) is 1. The lowest BCUT2D eigenvalue weighted by Crippen LogP contribution is -2.45. The highest BCUT2D eigenvalue weighted by Crippen LogP contribution is 2.37. The number of hydrogen-bond donors (Lipinski definition) is 2. The van der Waals surface area contributed by atoms with E-state index in [4.69, 9.17) is 0 Å². The molecule has 0 fully saturated rings. The van der Waals surface area contributed by atoms with Gasteiger partial charge in [0.15, 0.2) is 0 Å². The smallest absolute Gasteiger partial charge is 0.253 e. The van der Waals surface area contributed by atoms with Crippen molar-refractivity contribution in [3.05, 3.63) is 36.0 Å². The SMILES string of the molecule is CC1(C)CCN(C(C)(C)C)C=C1C(=O)Nc1cccc([NH3+])c1. The third kappa shape index (κ3) is 3.69. The van der Waals surface area contributed by atoms with Gasteiger partial charge in [-0.3, -0.25) is 4.79 Å². The summed E-state index contributed by atoms with van der Waals surface area (Å²) in [6.07, 6.45) is 3.01. The summed E-state index contributed by atoms with van der Waals surface area (Å²) in [5, 5.41) is 3.01. The monoisotopic (exact) mass is 302 g/mol. The van der Waals surface area contributed by atoms with E-state index < -0.39 is 0 Å². The van der Waals surface area contributed by atoms with Gasteiger partial charge in [-0.1, -0.05) is 19.9 Å². The molecule has 22 heavy (non-hydrogen) atoms. The van der Waals surface area contributed by atoms with Gasteiger partial charge >= 0.3 is 0 Å². The normalized spacial score (nSPS) is 17.9. The Bertz CT molecular complexity index is 597. The summed E-state index contributed by atoms with van der Waals surface area (Å²) in [6, 6.07) is 7.60. The molecular weight excluding hydrogens is 274 g/mol. The molecule has 0 saturated carbocycles. The molecular formula is C18H28N3O+. The number of amides is 1. The molecule has 1 aliphatic rings. The van der Waals surface area contributed by atoms with Crippen molar-refractivity contribution in [3.8, 4) is 0 Å². The summed E-state index contributed by atoms with van der Waals surface area (Å²) in [4.78, 5) is 15.0. The summed E-state index contributed by atoms with van der Waals surface area (Å²) >= 11 is 0. The van der Waals surface area contributed by atoms with Crippen LogP contribution in [0.1, 0.15) is 41.0 Å². The summed E-state index contributed by atoms with van der Waals surface area (Å²) in [6.45, 7) is 11.8. The van der Waals surface area contributed by atoms with E-state index in [2.05, 4.69) is 50.6 Å². The highest BCUT2D eigenvalue weighted by molar-refractivity contribution is 6.04. The highest BCUT2D eigenvalue weighted by atomic mass is 16.1. The van der Waals surface area contributed by atoms with E-state index >= 15 is 0 Å². The van der Waals surface area contributed by atoms with Crippen molar-refractivity contribution in [1.82, 2.24) is 4.90 Å². The minimum atomic E-state index is -0.117. The van der Waals surface area contributed by atoms with Crippen molar-refractivity contribution < 1.29 is 10.5 Å². The third-order valence-corrected chi connectivity index (χ3v) is 4.28. The van der Waals surface area contributed by atoms with Gasteiger partial charge in [0.1, 0.15) is 5.69 Å². The number of anilines is 1. The molecule has 0 saturated heterocycles. The van der Waals surface area contributed by atoms with Crippen LogP contribution in [0.15, 0.2) is 36.0 Å². The fraction of sp³-hybridized carbons (Fsp3) is 0.500. The van der Waals surface area contributed by atoms with Crippen molar-refractivity contribution in [2.45, 2.75) is 46.6 Å². The quantitative estimate of drug-likeness (QED) is 0.882. The Morgan fingerprint density at radius 2 is 2.00 bits per heavy atom. The molecule has 120 valence electrons. The fourth-order valence-corrected chi connectivity index (χ4v) is 2.67. The Balaban J connectivity index is 2.26. The molecule has 0 unspecified atom stereocenters. The van der Waals surface area contributed by atoms with E-state index in [1.165, 1.54) is 0 Å². The first-order valence-electron chi connectivity index (χ1n) is 7.82. The molecule has 0 spiro atoms. The molecule has 1 aliphatic heterocycles. The lowest BCUT2D eigenvalue weighted by atomic mass is 9.78. The summed E-state index contributed by atoms with van der Waals surface area (Å²) in [5.41, 5.74) is 6.33. The second-order valence-electron chi connectivity index (χ2n) is 7.70. The molecule has 1 aromatic rings. The van der Waals surface area contributed by atoms with Gasteiger partial charge in [0.25, 0.3) is 5.91 Å². The van der Waals surface area contributed by atoms with Crippen molar-refractivity contribution >= 4 is 17.3 Å².